The topological polar surface area (TPSA) is 99.2 Å². The molecule has 2 N–H and O–H groups in total. The van der Waals surface area contributed by atoms with Crippen molar-refractivity contribution in [3.05, 3.63) is 35.4 Å². The molecule has 28 heavy (non-hydrogen) atoms. The van der Waals surface area contributed by atoms with E-state index in [-0.39, 0.29) is 36.9 Å². The number of likely N-dealkylation sites (N-methyl/N-ethyl adjacent to an activating group) is 1. The van der Waals surface area contributed by atoms with E-state index in [1.807, 2.05) is 31.2 Å². The Morgan fingerprint density at radius 1 is 1.32 bits per heavy atom. The van der Waals surface area contributed by atoms with Crippen LogP contribution in [0.5, 0.6) is 0 Å². The van der Waals surface area contributed by atoms with Crippen molar-refractivity contribution in [3.63, 3.8) is 0 Å². The third kappa shape index (κ3) is 6.94. The number of hydrogen-bond acceptors (Lipinski definition) is 5. The van der Waals surface area contributed by atoms with E-state index in [1.54, 1.807) is 16.8 Å². The number of carboxylic acid groups (broad SMARTS) is 1. The zero-order chi connectivity index (χ0) is 20.7. The molecule has 2 atom stereocenters. The molecule has 1 heterocycles. The molecule has 1 aliphatic heterocycles. The lowest BCUT2D eigenvalue weighted by Crippen LogP contribution is -2.50. The van der Waals surface area contributed by atoms with E-state index in [0.29, 0.717) is 26.2 Å². The Bertz CT molecular complexity index is 692. The standard InChI is InChI=1S/C20H29N3O5/c1-14-4-6-16(7-5-14)18(21-15(2)24)10-19(25)23-8-9-28-17(12-23)11-22(3)13-20(26)27/h4-7,17-18H,8-13H2,1-3H3,(H,21,24)(H,26,27). The Hall–Kier alpha value is -2.45. The van der Waals surface area contributed by atoms with Crippen LogP contribution in [-0.4, -0.2) is 78.6 Å². The molecule has 1 aromatic carbocycles. The number of benzene rings is 1. The van der Waals surface area contributed by atoms with Gasteiger partial charge in [-0.1, -0.05) is 29.8 Å². The number of rotatable bonds is 8. The highest BCUT2D eigenvalue weighted by atomic mass is 16.5. The SMILES string of the molecule is CC(=O)NC(CC(=O)N1CCOC(CN(C)CC(=O)O)C1)c1ccc(C)cc1. The van der Waals surface area contributed by atoms with Gasteiger partial charge in [-0.2, -0.15) is 0 Å². The molecule has 154 valence electrons. The van der Waals surface area contributed by atoms with Gasteiger partial charge in [-0.3, -0.25) is 19.3 Å². The number of carboxylic acids is 1. The van der Waals surface area contributed by atoms with E-state index in [1.165, 1.54) is 6.92 Å². The lowest BCUT2D eigenvalue weighted by molar-refractivity contribution is -0.143. The maximum absolute atomic E-state index is 12.9. The van der Waals surface area contributed by atoms with Crippen molar-refractivity contribution in [2.75, 3.05) is 39.8 Å². The van der Waals surface area contributed by atoms with Gasteiger partial charge >= 0.3 is 5.97 Å². The summed E-state index contributed by atoms with van der Waals surface area (Å²) < 4.78 is 5.68. The molecule has 0 radical (unpaired) electrons. The molecule has 2 rings (SSSR count). The van der Waals surface area contributed by atoms with Crippen molar-refractivity contribution in [2.24, 2.45) is 0 Å². The quantitative estimate of drug-likeness (QED) is 0.680. The summed E-state index contributed by atoms with van der Waals surface area (Å²) >= 11 is 0. The molecule has 1 aliphatic rings. The molecule has 0 spiro atoms. The van der Waals surface area contributed by atoms with Crippen LogP contribution in [0.15, 0.2) is 24.3 Å². The number of amides is 2. The third-order valence-electron chi connectivity index (χ3n) is 4.65. The number of carbonyl (C=O) groups is 3. The van der Waals surface area contributed by atoms with Crippen LogP contribution in [0.3, 0.4) is 0 Å². The van der Waals surface area contributed by atoms with Gasteiger partial charge in [-0.25, -0.2) is 0 Å². The fraction of sp³-hybridized carbons (Fsp3) is 0.550. The first kappa shape index (κ1) is 21.8. The van der Waals surface area contributed by atoms with Crippen molar-refractivity contribution in [2.45, 2.75) is 32.4 Å². The van der Waals surface area contributed by atoms with Gasteiger partial charge in [0.1, 0.15) is 0 Å². The fourth-order valence-corrected chi connectivity index (χ4v) is 3.30. The molecule has 0 aromatic heterocycles. The van der Waals surface area contributed by atoms with Crippen molar-refractivity contribution in [1.29, 1.82) is 0 Å². The van der Waals surface area contributed by atoms with Crippen molar-refractivity contribution in [1.82, 2.24) is 15.1 Å². The number of carbonyl (C=O) groups excluding carboxylic acids is 2. The summed E-state index contributed by atoms with van der Waals surface area (Å²) in [6.07, 6.45) is -0.0685. The Labute approximate surface area is 165 Å². The second-order valence-electron chi connectivity index (χ2n) is 7.29. The van der Waals surface area contributed by atoms with Gasteiger partial charge < -0.3 is 20.1 Å². The van der Waals surface area contributed by atoms with Crippen LogP contribution in [0, 0.1) is 6.92 Å². The molecule has 2 unspecified atom stereocenters. The maximum atomic E-state index is 12.9. The maximum Gasteiger partial charge on any atom is 0.317 e. The number of morpholine rings is 1. The zero-order valence-corrected chi connectivity index (χ0v) is 16.7. The first-order valence-corrected chi connectivity index (χ1v) is 9.38. The van der Waals surface area contributed by atoms with Gasteiger partial charge in [0.15, 0.2) is 0 Å². The lowest BCUT2D eigenvalue weighted by Gasteiger charge is -2.35. The molecule has 1 saturated heterocycles. The summed E-state index contributed by atoms with van der Waals surface area (Å²) in [4.78, 5) is 38.7. The van der Waals surface area contributed by atoms with Crippen molar-refractivity contribution < 1.29 is 24.2 Å². The highest BCUT2D eigenvalue weighted by Crippen LogP contribution is 2.20. The molecule has 8 nitrogen and oxygen atoms in total. The van der Waals surface area contributed by atoms with Gasteiger partial charge in [0.05, 0.1) is 31.7 Å². The van der Waals surface area contributed by atoms with E-state index >= 15 is 0 Å². The van der Waals surface area contributed by atoms with Gasteiger partial charge in [0, 0.05) is 26.6 Å². The molecule has 0 saturated carbocycles. The summed E-state index contributed by atoms with van der Waals surface area (Å²) in [7, 11) is 1.71. The van der Waals surface area contributed by atoms with Crippen molar-refractivity contribution in [3.8, 4) is 0 Å². The molecular weight excluding hydrogens is 362 g/mol. The highest BCUT2D eigenvalue weighted by molar-refractivity contribution is 5.79. The van der Waals surface area contributed by atoms with Gasteiger partial charge in [0.2, 0.25) is 11.8 Å². The Balaban J connectivity index is 1.98. The summed E-state index contributed by atoms with van der Waals surface area (Å²) in [6, 6.07) is 7.37. The Morgan fingerprint density at radius 3 is 2.61 bits per heavy atom. The minimum atomic E-state index is -0.900. The minimum Gasteiger partial charge on any atom is -0.480 e. The number of aliphatic carboxylic acids is 1. The normalized spacial score (nSPS) is 18.0. The van der Waals surface area contributed by atoms with Gasteiger partial charge in [-0.05, 0) is 19.5 Å². The summed E-state index contributed by atoms with van der Waals surface area (Å²) in [5.41, 5.74) is 2.00. The van der Waals surface area contributed by atoms with Gasteiger partial charge in [-0.15, -0.1) is 0 Å². The van der Waals surface area contributed by atoms with E-state index in [9.17, 15) is 14.4 Å². The van der Waals surface area contributed by atoms with E-state index in [4.69, 9.17) is 9.84 Å². The van der Waals surface area contributed by atoms with Crippen LogP contribution >= 0.6 is 0 Å². The fourth-order valence-electron chi connectivity index (χ4n) is 3.30. The lowest BCUT2D eigenvalue weighted by atomic mass is 10.0. The first-order valence-electron chi connectivity index (χ1n) is 9.38. The summed E-state index contributed by atoms with van der Waals surface area (Å²) in [5.74, 6) is -1.15. The molecule has 8 heteroatoms. The first-order chi connectivity index (χ1) is 13.2. The third-order valence-corrected chi connectivity index (χ3v) is 4.65. The Morgan fingerprint density at radius 2 is 2.00 bits per heavy atom. The summed E-state index contributed by atoms with van der Waals surface area (Å²) in [5, 5.41) is 11.7. The average Bonchev–Trinajstić information content (AvgIpc) is 2.60. The van der Waals surface area contributed by atoms with Crippen molar-refractivity contribution >= 4 is 17.8 Å². The van der Waals surface area contributed by atoms with Crippen LogP contribution in [0.1, 0.15) is 30.5 Å². The molecule has 2 amide bonds. The predicted molar refractivity (Wildman–Crippen MR) is 104 cm³/mol. The molecule has 0 aliphatic carbocycles. The predicted octanol–water partition coefficient (Wildman–Crippen LogP) is 0.806. The second-order valence-corrected chi connectivity index (χ2v) is 7.29. The second kappa shape index (κ2) is 10.2. The highest BCUT2D eigenvalue weighted by Gasteiger charge is 2.27. The van der Waals surface area contributed by atoms with Crippen LogP contribution in [0.25, 0.3) is 0 Å². The van der Waals surface area contributed by atoms with E-state index in [0.717, 1.165) is 11.1 Å². The van der Waals surface area contributed by atoms with E-state index < -0.39 is 5.97 Å². The monoisotopic (exact) mass is 391 g/mol. The number of ether oxygens (including phenoxy) is 1. The largest absolute Gasteiger partial charge is 0.480 e. The van der Waals surface area contributed by atoms with E-state index in [2.05, 4.69) is 5.32 Å². The molecule has 1 fully saturated rings. The number of nitrogens with zero attached hydrogens (tertiary/aromatic N) is 2. The van der Waals surface area contributed by atoms with Gasteiger partial charge in [0.25, 0.3) is 0 Å². The zero-order valence-electron chi connectivity index (χ0n) is 16.7. The molecule has 0 bridgehead atoms. The van der Waals surface area contributed by atoms with Crippen LogP contribution in [0.2, 0.25) is 0 Å². The molecule has 1 aromatic rings. The number of aryl methyl sites for hydroxylation is 1. The minimum absolute atomic E-state index is 0.0616. The summed E-state index contributed by atoms with van der Waals surface area (Å²) in [6.45, 7) is 5.08. The van der Waals surface area contributed by atoms with Crippen LogP contribution in [0.4, 0.5) is 0 Å². The average molecular weight is 391 g/mol. The smallest absolute Gasteiger partial charge is 0.317 e. The number of hydrogen-bond donors (Lipinski definition) is 2. The van der Waals surface area contributed by atoms with Crippen LogP contribution in [-0.2, 0) is 19.1 Å². The number of nitrogens with one attached hydrogen (secondary N) is 1. The Kier molecular flexibility index (Phi) is 7.95. The van der Waals surface area contributed by atoms with Crippen LogP contribution < -0.4 is 5.32 Å². The molecular formula is C20H29N3O5.